The predicted octanol–water partition coefficient (Wildman–Crippen LogP) is 3.47. The Morgan fingerprint density at radius 2 is 2.15 bits per heavy atom. The predicted molar refractivity (Wildman–Crippen MR) is 110 cm³/mol. The topological polar surface area (TPSA) is 71.4 Å². The van der Waals surface area contributed by atoms with Crippen LogP contribution < -0.4 is 15.4 Å². The summed E-state index contributed by atoms with van der Waals surface area (Å²) in [4.78, 5) is 13.1. The van der Waals surface area contributed by atoms with Crippen LogP contribution in [0.25, 0.3) is 0 Å². The number of nitrogens with one attached hydrogen (secondary N) is 2. The zero-order valence-corrected chi connectivity index (χ0v) is 17.0. The smallest absolute Gasteiger partial charge is 0.213 e. The van der Waals surface area contributed by atoms with E-state index in [1.807, 2.05) is 25.3 Å². The summed E-state index contributed by atoms with van der Waals surface area (Å²) >= 11 is 1.69. The maximum atomic E-state index is 6.05. The van der Waals surface area contributed by atoms with Crippen molar-refractivity contribution in [2.24, 2.45) is 4.99 Å². The van der Waals surface area contributed by atoms with Gasteiger partial charge >= 0.3 is 0 Å². The highest BCUT2D eigenvalue weighted by Crippen LogP contribution is 2.22. The van der Waals surface area contributed by atoms with Crippen LogP contribution in [0, 0.1) is 6.92 Å². The lowest BCUT2D eigenvalue weighted by atomic mass is 9.98. The van der Waals surface area contributed by atoms with E-state index in [1.54, 1.807) is 18.4 Å². The fourth-order valence-electron chi connectivity index (χ4n) is 3.22. The summed E-state index contributed by atoms with van der Waals surface area (Å²) in [5, 5.41) is 9.90. The largest absolute Gasteiger partial charge is 0.474 e. The van der Waals surface area contributed by atoms with E-state index >= 15 is 0 Å². The molecular weight excluding hydrogens is 358 g/mol. The van der Waals surface area contributed by atoms with Gasteiger partial charge in [0.25, 0.3) is 0 Å². The Labute approximate surface area is 165 Å². The fourth-order valence-corrected chi connectivity index (χ4v) is 3.86. The molecule has 0 amide bonds. The molecular formula is C20H29N5OS. The van der Waals surface area contributed by atoms with Gasteiger partial charge in [-0.2, -0.15) is 0 Å². The molecule has 6 nitrogen and oxygen atoms in total. The summed E-state index contributed by atoms with van der Waals surface area (Å²) in [6.45, 7) is 3.51. The van der Waals surface area contributed by atoms with Crippen LogP contribution in [0.2, 0.25) is 0 Å². The summed E-state index contributed by atoms with van der Waals surface area (Å²) in [7, 11) is 1.78. The van der Waals surface area contributed by atoms with E-state index in [2.05, 4.69) is 31.0 Å². The average molecular weight is 388 g/mol. The third-order valence-electron chi connectivity index (χ3n) is 4.66. The summed E-state index contributed by atoms with van der Waals surface area (Å²) in [5.74, 6) is 1.51. The Bertz CT molecular complexity index is 739. The molecule has 0 atom stereocenters. The minimum atomic E-state index is 0.318. The van der Waals surface area contributed by atoms with Gasteiger partial charge in [-0.25, -0.2) is 9.97 Å². The first kappa shape index (κ1) is 19.6. The van der Waals surface area contributed by atoms with Crippen LogP contribution >= 0.6 is 11.3 Å². The number of hydrogen-bond donors (Lipinski definition) is 2. The summed E-state index contributed by atoms with van der Waals surface area (Å²) in [5.41, 5.74) is 2.26. The molecule has 2 aromatic heterocycles. The average Bonchev–Trinajstić information content (AvgIpc) is 3.11. The van der Waals surface area contributed by atoms with Crippen LogP contribution in [0.1, 0.15) is 48.4 Å². The first-order valence-corrected chi connectivity index (χ1v) is 10.6. The van der Waals surface area contributed by atoms with Crippen LogP contribution in [0.15, 0.2) is 28.7 Å². The molecule has 0 radical (unpaired) electrons. The zero-order chi connectivity index (χ0) is 18.9. The minimum absolute atomic E-state index is 0.318. The van der Waals surface area contributed by atoms with Gasteiger partial charge in [-0.05, 0) is 44.2 Å². The molecule has 0 saturated heterocycles. The van der Waals surface area contributed by atoms with Gasteiger partial charge in [0.2, 0.25) is 5.88 Å². The van der Waals surface area contributed by atoms with Crippen molar-refractivity contribution in [1.82, 2.24) is 20.6 Å². The second-order valence-corrected chi connectivity index (χ2v) is 7.90. The number of ether oxygens (including phenoxy) is 1. The standard InChI is InChI=1S/C20H29N5OS/c1-15-25-17(14-27-15)9-11-23-20(21-2)24-13-16-8-10-22-19(12-16)26-18-6-4-3-5-7-18/h8,10,12,14,18H,3-7,9,11,13H2,1-2H3,(H2,21,23,24). The number of rotatable bonds is 7. The van der Waals surface area contributed by atoms with Crippen molar-refractivity contribution in [2.45, 2.75) is 58.1 Å². The fraction of sp³-hybridized carbons (Fsp3) is 0.550. The van der Waals surface area contributed by atoms with E-state index in [4.69, 9.17) is 4.74 Å². The number of hydrogen-bond acceptors (Lipinski definition) is 5. The second-order valence-electron chi connectivity index (χ2n) is 6.84. The third kappa shape index (κ3) is 6.50. The van der Waals surface area contributed by atoms with Crippen LogP contribution in [-0.2, 0) is 13.0 Å². The van der Waals surface area contributed by atoms with Crippen LogP contribution in [0.5, 0.6) is 5.88 Å². The lowest BCUT2D eigenvalue weighted by Gasteiger charge is -2.22. The Balaban J connectivity index is 1.44. The summed E-state index contributed by atoms with van der Waals surface area (Å²) in [6.07, 6.45) is 9.14. The molecule has 2 aromatic rings. The molecule has 0 aromatic carbocycles. The maximum absolute atomic E-state index is 6.05. The Morgan fingerprint density at radius 1 is 1.30 bits per heavy atom. The molecule has 7 heteroatoms. The lowest BCUT2D eigenvalue weighted by Crippen LogP contribution is -2.37. The molecule has 146 valence electrons. The van der Waals surface area contributed by atoms with Crippen molar-refractivity contribution in [3.05, 3.63) is 40.0 Å². The van der Waals surface area contributed by atoms with Gasteiger partial charge in [-0.3, -0.25) is 4.99 Å². The summed E-state index contributed by atoms with van der Waals surface area (Å²) < 4.78 is 6.05. The van der Waals surface area contributed by atoms with Gasteiger partial charge in [-0.1, -0.05) is 6.42 Å². The van der Waals surface area contributed by atoms with E-state index in [1.165, 1.54) is 19.3 Å². The van der Waals surface area contributed by atoms with Crippen LogP contribution in [0.4, 0.5) is 0 Å². The quantitative estimate of drug-likeness (QED) is 0.562. The molecule has 1 aliphatic rings. The van der Waals surface area contributed by atoms with Crippen molar-refractivity contribution >= 4 is 17.3 Å². The molecule has 3 rings (SSSR count). The van der Waals surface area contributed by atoms with Gasteiger partial charge in [0.15, 0.2) is 5.96 Å². The van der Waals surface area contributed by atoms with E-state index in [9.17, 15) is 0 Å². The van der Waals surface area contributed by atoms with Crippen molar-refractivity contribution in [3.63, 3.8) is 0 Å². The molecule has 2 N–H and O–H groups in total. The zero-order valence-electron chi connectivity index (χ0n) is 16.2. The van der Waals surface area contributed by atoms with E-state index in [-0.39, 0.29) is 0 Å². The van der Waals surface area contributed by atoms with Gasteiger partial charge < -0.3 is 15.4 Å². The number of guanidine groups is 1. The normalized spacial score (nSPS) is 15.6. The first-order chi connectivity index (χ1) is 13.2. The molecule has 0 aliphatic heterocycles. The molecule has 2 heterocycles. The number of aryl methyl sites for hydroxylation is 1. The van der Waals surface area contributed by atoms with Crippen LogP contribution in [0.3, 0.4) is 0 Å². The van der Waals surface area contributed by atoms with Gasteiger partial charge in [0.05, 0.1) is 10.7 Å². The van der Waals surface area contributed by atoms with Gasteiger partial charge in [0, 0.05) is 44.2 Å². The Kier molecular flexibility index (Phi) is 7.45. The maximum Gasteiger partial charge on any atom is 0.213 e. The molecule has 0 spiro atoms. The molecule has 1 fully saturated rings. The molecule has 1 saturated carbocycles. The Morgan fingerprint density at radius 3 is 2.89 bits per heavy atom. The highest BCUT2D eigenvalue weighted by atomic mass is 32.1. The van der Waals surface area contributed by atoms with E-state index in [0.717, 1.165) is 53.9 Å². The number of pyridine rings is 1. The lowest BCUT2D eigenvalue weighted by molar-refractivity contribution is 0.148. The van der Waals surface area contributed by atoms with Gasteiger partial charge in [0.1, 0.15) is 6.10 Å². The number of aromatic nitrogens is 2. The van der Waals surface area contributed by atoms with E-state index in [0.29, 0.717) is 12.6 Å². The van der Waals surface area contributed by atoms with Crippen molar-refractivity contribution in [3.8, 4) is 5.88 Å². The first-order valence-electron chi connectivity index (χ1n) is 9.70. The third-order valence-corrected chi connectivity index (χ3v) is 5.48. The monoisotopic (exact) mass is 387 g/mol. The molecule has 1 aliphatic carbocycles. The van der Waals surface area contributed by atoms with Gasteiger partial charge in [-0.15, -0.1) is 11.3 Å². The summed E-state index contributed by atoms with van der Waals surface area (Å²) in [6, 6.07) is 4.03. The Hall–Kier alpha value is -2.15. The number of thiazole rings is 1. The van der Waals surface area contributed by atoms with Crippen molar-refractivity contribution in [1.29, 1.82) is 0 Å². The highest BCUT2D eigenvalue weighted by molar-refractivity contribution is 7.09. The van der Waals surface area contributed by atoms with Crippen molar-refractivity contribution < 1.29 is 4.74 Å². The molecule has 0 bridgehead atoms. The molecule has 27 heavy (non-hydrogen) atoms. The highest BCUT2D eigenvalue weighted by Gasteiger charge is 2.15. The second kappa shape index (κ2) is 10.3. The van der Waals surface area contributed by atoms with Crippen molar-refractivity contribution in [2.75, 3.05) is 13.6 Å². The van der Waals surface area contributed by atoms with Crippen LogP contribution in [-0.4, -0.2) is 35.6 Å². The minimum Gasteiger partial charge on any atom is -0.474 e. The SMILES string of the molecule is CN=C(NCCc1csc(C)n1)NCc1ccnc(OC2CCCCC2)c1. The number of aliphatic imine (C=N–C) groups is 1. The molecule has 0 unspecified atom stereocenters. The van der Waals surface area contributed by atoms with E-state index < -0.39 is 0 Å². The number of nitrogens with zero attached hydrogens (tertiary/aromatic N) is 3.